The van der Waals surface area contributed by atoms with E-state index in [-0.39, 0.29) is 47.7 Å². The van der Waals surface area contributed by atoms with Crippen LogP contribution in [0.3, 0.4) is 0 Å². The number of carbonyl (C=O) groups is 2. The number of ether oxygens (including phenoxy) is 2. The van der Waals surface area contributed by atoms with Crippen LogP contribution >= 0.6 is 0 Å². The molecule has 0 unspecified atom stereocenters. The van der Waals surface area contributed by atoms with E-state index in [2.05, 4.69) is 10.6 Å². The van der Waals surface area contributed by atoms with Crippen LogP contribution in [0.4, 0.5) is 16.2 Å². The minimum atomic E-state index is -3.87. The van der Waals surface area contributed by atoms with Gasteiger partial charge in [0.15, 0.2) is 0 Å². The number of carbonyl (C=O) groups excluding carboxylic acids is 2. The van der Waals surface area contributed by atoms with Crippen LogP contribution in [0.5, 0.6) is 11.5 Å². The third-order valence-electron chi connectivity index (χ3n) is 8.17. The van der Waals surface area contributed by atoms with Crippen LogP contribution in [0.25, 0.3) is 10.8 Å². The lowest BCUT2D eigenvalue weighted by Gasteiger charge is -2.38. The first-order valence-corrected chi connectivity index (χ1v) is 16.3. The fourth-order valence-corrected chi connectivity index (χ4v) is 6.60. The van der Waals surface area contributed by atoms with Crippen molar-refractivity contribution in [1.29, 1.82) is 0 Å². The highest BCUT2D eigenvalue weighted by atomic mass is 32.2. The van der Waals surface area contributed by atoms with Gasteiger partial charge < -0.3 is 30.1 Å². The molecule has 0 saturated heterocycles. The van der Waals surface area contributed by atoms with Gasteiger partial charge in [0.1, 0.15) is 17.6 Å². The van der Waals surface area contributed by atoms with E-state index in [1.54, 1.807) is 42.2 Å². The first-order chi connectivity index (χ1) is 22.0. The number of nitrogens with zero attached hydrogens (tertiary/aromatic N) is 2. The Kier molecular flexibility index (Phi) is 9.80. The maximum absolute atomic E-state index is 13.8. The molecule has 0 fully saturated rings. The Labute approximate surface area is 268 Å². The van der Waals surface area contributed by atoms with Crippen LogP contribution in [0.15, 0.2) is 89.8 Å². The van der Waals surface area contributed by atoms with Gasteiger partial charge in [-0.3, -0.25) is 4.79 Å². The molecule has 11 nitrogen and oxygen atoms in total. The molecular weight excluding hydrogens is 608 g/mol. The molecule has 3 amide bonds. The van der Waals surface area contributed by atoms with Crippen molar-refractivity contribution in [3.8, 4) is 11.5 Å². The van der Waals surface area contributed by atoms with Gasteiger partial charge in [0.25, 0.3) is 5.91 Å². The molecule has 0 aromatic heterocycles. The number of likely N-dealkylation sites (N-methyl/N-ethyl adjacent to an activating group) is 1. The second kappa shape index (κ2) is 13.8. The molecule has 1 aliphatic heterocycles. The predicted molar refractivity (Wildman–Crippen MR) is 177 cm³/mol. The average molecular weight is 647 g/mol. The van der Waals surface area contributed by atoms with Crippen molar-refractivity contribution in [3.63, 3.8) is 0 Å². The maximum Gasteiger partial charge on any atom is 0.323 e. The molecule has 4 aromatic rings. The zero-order chi connectivity index (χ0) is 33.0. The van der Waals surface area contributed by atoms with Crippen molar-refractivity contribution in [1.82, 2.24) is 9.21 Å². The van der Waals surface area contributed by atoms with Crippen molar-refractivity contribution in [3.05, 3.63) is 90.5 Å². The molecule has 0 radical (unpaired) electrons. The van der Waals surface area contributed by atoms with Crippen LogP contribution in [0.1, 0.15) is 24.2 Å². The molecule has 3 N–H and O–H groups in total. The summed E-state index contributed by atoms with van der Waals surface area (Å²) in [6.45, 7) is 3.55. The fourth-order valence-electron chi connectivity index (χ4n) is 5.42. The number of nitrogens with one attached hydrogen (secondary N) is 2. The van der Waals surface area contributed by atoms with Crippen molar-refractivity contribution in [2.24, 2.45) is 5.92 Å². The Hall–Kier alpha value is -4.65. The number of fused-ring (bicyclic) bond motifs is 2. The molecule has 3 atom stereocenters. The Morgan fingerprint density at radius 2 is 1.78 bits per heavy atom. The SMILES string of the molecule is COc1ccc(S(=O)(=O)N(C)C[C@H]2Oc3ccc(NC(=O)Nc4cccc5ccccc45)cc3C(=O)N([C@H](C)CO)C[C@@H]2C)cc1. The number of benzene rings is 4. The third kappa shape index (κ3) is 6.94. The molecule has 0 spiro atoms. The van der Waals surface area contributed by atoms with Gasteiger partial charge in [0.2, 0.25) is 10.0 Å². The van der Waals surface area contributed by atoms with E-state index in [0.29, 0.717) is 17.1 Å². The normalized spacial score (nSPS) is 17.4. The Morgan fingerprint density at radius 1 is 1.07 bits per heavy atom. The highest BCUT2D eigenvalue weighted by Gasteiger charge is 2.35. The van der Waals surface area contributed by atoms with E-state index in [9.17, 15) is 23.1 Å². The van der Waals surface area contributed by atoms with Crippen molar-refractivity contribution in [2.75, 3.05) is 44.5 Å². The molecule has 46 heavy (non-hydrogen) atoms. The van der Waals surface area contributed by atoms with Crippen LogP contribution < -0.4 is 20.1 Å². The predicted octanol–water partition coefficient (Wildman–Crippen LogP) is 5.03. The molecule has 4 aromatic carbocycles. The van der Waals surface area contributed by atoms with Crippen LogP contribution in [0, 0.1) is 5.92 Å². The minimum Gasteiger partial charge on any atom is -0.497 e. The maximum atomic E-state index is 13.8. The highest BCUT2D eigenvalue weighted by molar-refractivity contribution is 7.89. The van der Waals surface area contributed by atoms with Crippen molar-refractivity contribution >= 4 is 44.1 Å². The number of urea groups is 1. The van der Waals surface area contributed by atoms with E-state index in [1.807, 2.05) is 43.3 Å². The first kappa shape index (κ1) is 32.7. The topological polar surface area (TPSA) is 138 Å². The van der Waals surface area contributed by atoms with Gasteiger partial charge in [-0.25, -0.2) is 13.2 Å². The molecule has 0 saturated carbocycles. The fraction of sp³-hybridized carbons (Fsp3) is 0.294. The Balaban J connectivity index is 1.40. The number of anilines is 2. The number of hydrogen-bond acceptors (Lipinski definition) is 7. The Morgan fingerprint density at radius 3 is 2.50 bits per heavy atom. The first-order valence-electron chi connectivity index (χ1n) is 14.9. The number of hydrogen-bond donors (Lipinski definition) is 3. The summed E-state index contributed by atoms with van der Waals surface area (Å²) in [7, 11) is -0.879. The number of sulfonamides is 1. The molecule has 0 bridgehead atoms. The lowest BCUT2D eigenvalue weighted by atomic mass is 9.99. The Bertz CT molecular complexity index is 1830. The molecule has 0 aliphatic carbocycles. The minimum absolute atomic E-state index is 0.00204. The summed E-state index contributed by atoms with van der Waals surface area (Å²) in [5.74, 6) is 0.104. The lowest BCUT2D eigenvalue weighted by molar-refractivity contribution is 0.0387. The molecule has 12 heteroatoms. The highest BCUT2D eigenvalue weighted by Crippen LogP contribution is 2.32. The summed E-state index contributed by atoms with van der Waals surface area (Å²) in [6.07, 6.45) is -0.647. The van der Waals surface area contributed by atoms with Crippen molar-refractivity contribution < 1.29 is 32.6 Å². The smallest absolute Gasteiger partial charge is 0.323 e. The number of methoxy groups -OCH3 is 1. The summed E-state index contributed by atoms with van der Waals surface area (Å²) in [5.41, 5.74) is 1.17. The summed E-state index contributed by atoms with van der Waals surface area (Å²) in [6, 6.07) is 23.2. The molecule has 5 rings (SSSR count). The van der Waals surface area contributed by atoms with E-state index >= 15 is 0 Å². The number of rotatable bonds is 9. The number of amides is 3. The second-order valence-corrected chi connectivity index (χ2v) is 13.4. The van der Waals surface area contributed by atoms with Gasteiger partial charge in [-0.2, -0.15) is 4.31 Å². The quantitative estimate of drug-likeness (QED) is 0.232. The molecule has 1 heterocycles. The molecule has 242 valence electrons. The van der Waals surface area contributed by atoms with Gasteiger partial charge >= 0.3 is 6.03 Å². The standard InChI is InChI=1S/C34H38N4O7S/c1-22-19-38(23(2)21-39)33(40)29-18-25(35-34(41)36-30-11-7-9-24-8-5-6-10-28(24)30)12-17-31(29)45-32(22)20-37(3)46(42,43)27-15-13-26(44-4)14-16-27/h5-18,22-23,32,39H,19-21H2,1-4H3,(H2,35,36,41)/t22-,23+,32+/m0/s1. The van der Waals surface area contributed by atoms with E-state index < -0.39 is 28.2 Å². The van der Waals surface area contributed by atoms with Crippen LogP contribution in [-0.4, -0.2) is 80.7 Å². The van der Waals surface area contributed by atoms with Gasteiger partial charge in [-0.05, 0) is 60.8 Å². The van der Waals surface area contributed by atoms with Gasteiger partial charge in [0.05, 0.1) is 42.4 Å². The van der Waals surface area contributed by atoms with Gasteiger partial charge in [-0.1, -0.05) is 43.3 Å². The zero-order valence-electron chi connectivity index (χ0n) is 26.1. The van der Waals surface area contributed by atoms with Gasteiger partial charge in [0, 0.05) is 30.6 Å². The second-order valence-electron chi connectivity index (χ2n) is 11.4. The number of aliphatic hydroxyl groups excluding tert-OH is 1. The summed E-state index contributed by atoms with van der Waals surface area (Å²) in [5, 5.41) is 17.5. The van der Waals surface area contributed by atoms with Crippen LogP contribution in [-0.2, 0) is 10.0 Å². The van der Waals surface area contributed by atoms with E-state index in [4.69, 9.17) is 9.47 Å². The third-order valence-corrected chi connectivity index (χ3v) is 10.0. The summed E-state index contributed by atoms with van der Waals surface area (Å²) in [4.78, 5) is 28.5. The monoisotopic (exact) mass is 646 g/mol. The summed E-state index contributed by atoms with van der Waals surface area (Å²) < 4.78 is 39.6. The zero-order valence-corrected chi connectivity index (χ0v) is 27.0. The lowest BCUT2D eigenvalue weighted by Crippen LogP contribution is -2.50. The largest absolute Gasteiger partial charge is 0.497 e. The molecular formula is C34H38N4O7S. The van der Waals surface area contributed by atoms with E-state index in [0.717, 1.165) is 10.8 Å². The number of aliphatic hydroxyl groups is 1. The average Bonchev–Trinajstić information content (AvgIpc) is 3.06. The van der Waals surface area contributed by atoms with Gasteiger partial charge in [-0.15, -0.1) is 0 Å². The van der Waals surface area contributed by atoms with E-state index in [1.165, 1.54) is 36.7 Å². The molecule has 1 aliphatic rings. The summed E-state index contributed by atoms with van der Waals surface area (Å²) >= 11 is 0. The van der Waals surface area contributed by atoms with Crippen LogP contribution in [0.2, 0.25) is 0 Å². The van der Waals surface area contributed by atoms with Crippen molar-refractivity contribution in [2.45, 2.75) is 30.9 Å².